The Labute approximate surface area is 178 Å². The molecule has 0 radical (unpaired) electrons. The number of hydrogen-bond acceptors (Lipinski definition) is 4. The molecule has 0 fully saturated rings. The molecule has 0 N–H and O–H groups in total. The number of alkyl halides is 3. The van der Waals surface area contributed by atoms with Crippen LogP contribution in [-0.2, 0) is 20.8 Å². The maximum absolute atomic E-state index is 13.3. The number of sulfone groups is 1. The Morgan fingerprint density at radius 2 is 1.71 bits per heavy atom. The number of methoxy groups -OCH3 is 1. The first kappa shape index (κ1) is 22.8. The lowest BCUT2D eigenvalue weighted by Gasteiger charge is -2.10. The zero-order chi connectivity index (χ0) is 22.8. The largest absolute Gasteiger partial charge is 0.435 e. The van der Waals surface area contributed by atoms with E-state index in [-0.39, 0.29) is 22.9 Å². The van der Waals surface area contributed by atoms with Gasteiger partial charge in [-0.2, -0.15) is 18.3 Å². The third-order valence-electron chi connectivity index (χ3n) is 4.67. The number of aromatic nitrogens is 2. The molecule has 2 aromatic carbocycles. The fraction of sp³-hybridized carbons (Fsp3) is 0.227. The second-order valence-electron chi connectivity index (χ2n) is 6.99. The highest BCUT2D eigenvalue weighted by molar-refractivity contribution is 7.91. The Morgan fingerprint density at radius 3 is 2.23 bits per heavy atom. The average Bonchev–Trinajstić information content (AvgIpc) is 3.18. The minimum absolute atomic E-state index is 0.0476. The summed E-state index contributed by atoms with van der Waals surface area (Å²) in [6.07, 6.45) is -4.62. The summed E-state index contributed by atoms with van der Waals surface area (Å²) in [4.78, 5) is 0.0706. The van der Waals surface area contributed by atoms with E-state index in [1.165, 1.54) is 36.1 Å². The number of halogens is 3. The summed E-state index contributed by atoms with van der Waals surface area (Å²) in [7, 11) is -2.15. The molecule has 164 valence electrons. The van der Waals surface area contributed by atoms with Gasteiger partial charge >= 0.3 is 6.18 Å². The highest BCUT2D eigenvalue weighted by Crippen LogP contribution is 2.33. The van der Waals surface area contributed by atoms with Crippen molar-refractivity contribution in [3.63, 3.8) is 0 Å². The van der Waals surface area contributed by atoms with Crippen molar-refractivity contribution in [2.24, 2.45) is 0 Å². The van der Waals surface area contributed by atoms with Gasteiger partial charge in [0.05, 0.1) is 28.6 Å². The summed E-state index contributed by atoms with van der Waals surface area (Å²) >= 11 is 0. The van der Waals surface area contributed by atoms with Crippen LogP contribution in [0, 0.1) is 0 Å². The van der Waals surface area contributed by atoms with Crippen LogP contribution < -0.4 is 0 Å². The van der Waals surface area contributed by atoms with E-state index < -0.39 is 21.7 Å². The summed E-state index contributed by atoms with van der Waals surface area (Å²) in [5, 5.41) is 3.75. The number of hydrogen-bond donors (Lipinski definition) is 0. The standard InChI is InChI=1S/C22H21F3N2O3S/c1-15(2)16-4-8-18(9-5-16)27-20(14-21(26-27)22(23,24)25)17-6-10-19(11-7-17)31(28,29)13-12-30-3/h4-11,14H,1,12-13H2,2-3H3. The van der Waals surface area contributed by atoms with Gasteiger partial charge in [-0.25, -0.2) is 13.1 Å². The van der Waals surface area contributed by atoms with Crippen LogP contribution in [-0.4, -0.2) is 37.7 Å². The molecule has 0 atom stereocenters. The van der Waals surface area contributed by atoms with Crippen LogP contribution in [0.1, 0.15) is 18.2 Å². The van der Waals surface area contributed by atoms with Crippen LogP contribution in [0.3, 0.4) is 0 Å². The lowest BCUT2D eigenvalue weighted by atomic mass is 10.1. The fourth-order valence-corrected chi connectivity index (χ4v) is 4.13. The molecule has 9 heteroatoms. The molecule has 3 rings (SSSR count). The summed E-state index contributed by atoms with van der Waals surface area (Å²) < 4.78 is 70.6. The molecule has 1 aromatic heterocycles. The Balaban J connectivity index is 2.06. The SMILES string of the molecule is C=C(C)c1ccc(-n2nc(C(F)(F)F)cc2-c2ccc(S(=O)(=O)CCOC)cc2)cc1. The summed E-state index contributed by atoms with van der Waals surface area (Å²) in [5.74, 6) is -0.186. The van der Waals surface area contributed by atoms with Crippen LogP contribution in [0.4, 0.5) is 13.2 Å². The van der Waals surface area contributed by atoms with E-state index in [0.29, 0.717) is 11.3 Å². The molecule has 0 unspecified atom stereocenters. The molecular formula is C22H21F3N2O3S. The highest BCUT2D eigenvalue weighted by atomic mass is 32.2. The average molecular weight is 450 g/mol. The van der Waals surface area contributed by atoms with Gasteiger partial charge in [0.25, 0.3) is 0 Å². The first-order valence-corrected chi connectivity index (χ1v) is 10.9. The Bertz CT molecular complexity index is 1180. The van der Waals surface area contributed by atoms with Crippen molar-refractivity contribution < 1.29 is 26.3 Å². The minimum atomic E-state index is -4.62. The van der Waals surface area contributed by atoms with Crippen LogP contribution >= 0.6 is 0 Å². The number of ether oxygens (including phenoxy) is 1. The third-order valence-corrected chi connectivity index (χ3v) is 6.36. The Hall–Kier alpha value is -2.91. The second kappa shape index (κ2) is 8.68. The molecule has 0 amide bonds. The number of benzene rings is 2. The van der Waals surface area contributed by atoms with E-state index in [2.05, 4.69) is 11.7 Å². The van der Waals surface area contributed by atoms with Gasteiger partial charge in [0.2, 0.25) is 0 Å². The topological polar surface area (TPSA) is 61.2 Å². The zero-order valence-electron chi connectivity index (χ0n) is 17.0. The predicted octanol–water partition coefficient (Wildman–Crippen LogP) is 5.01. The van der Waals surface area contributed by atoms with E-state index in [1.54, 1.807) is 24.3 Å². The van der Waals surface area contributed by atoms with Crippen LogP contribution in [0.2, 0.25) is 0 Å². The van der Waals surface area contributed by atoms with Gasteiger partial charge in [0.1, 0.15) is 0 Å². The van der Waals surface area contributed by atoms with Crippen molar-refractivity contribution in [2.45, 2.75) is 18.0 Å². The minimum Gasteiger partial charge on any atom is -0.384 e. The van der Waals surface area contributed by atoms with Gasteiger partial charge in [-0.1, -0.05) is 36.4 Å². The van der Waals surface area contributed by atoms with E-state index in [0.717, 1.165) is 17.2 Å². The smallest absolute Gasteiger partial charge is 0.384 e. The molecule has 5 nitrogen and oxygen atoms in total. The molecule has 0 bridgehead atoms. The summed E-state index contributed by atoms with van der Waals surface area (Å²) in [5.41, 5.74) is 1.68. The van der Waals surface area contributed by atoms with Gasteiger partial charge in [0.15, 0.2) is 15.5 Å². The highest BCUT2D eigenvalue weighted by Gasteiger charge is 2.35. The first-order valence-electron chi connectivity index (χ1n) is 9.28. The van der Waals surface area contributed by atoms with Crippen LogP contribution in [0.15, 0.2) is 66.1 Å². The molecule has 0 spiro atoms. The van der Waals surface area contributed by atoms with Gasteiger partial charge in [-0.05, 0) is 42.8 Å². The van der Waals surface area contributed by atoms with E-state index in [1.807, 2.05) is 6.92 Å². The van der Waals surface area contributed by atoms with Gasteiger partial charge in [0, 0.05) is 12.7 Å². The maximum Gasteiger partial charge on any atom is 0.435 e. The van der Waals surface area contributed by atoms with Crippen LogP contribution in [0.25, 0.3) is 22.5 Å². The van der Waals surface area contributed by atoms with Crippen molar-refractivity contribution in [3.05, 3.63) is 72.4 Å². The third kappa shape index (κ3) is 5.05. The van der Waals surface area contributed by atoms with Crippen molar-refractivity contribution in [3.8, 4) is 16.9 Å². The number of nitrogens with zero attached hydrogens (tertiary/aromatic N) is 2. The van der Waals surface area contributed by atoms with E-state index >= 15 is 0 Å². The molecule has 0 saturated carbocycles. The second-order valence-corrected chi connectivity index (χ2v) is 9.10. The van der Waals surface area contributed by atoms with Crippen molar-refractivity contribution in [1.29, 1.82) is 0 Å². The molecule has 3 aromatic rings. The van der Waals surface area contributed by atoms with Crippen molar-refractivity contribution in [2.75, 3.05) is 19.5 Å². The molecular weight excluding hydrogens is 429 g/mol. The molecule has 0 aliphatic rings. The van der Waals surface area contributed by atoms with Gasteiger partial charge in [-0.3, -0.25) is 0 Å². The van der Waals surface area contributed by atoms with Gasteiger partial charge in [-0.15, -0.1) is 0 Å². The number of rotatable bonds is 7. The molecule has 0 aliphatic heterocycles. The maximum atomic E-state index is 13.3. The monoisotopic (exact) mass is 450 g/mol. The lowest BCUT2D eigenvalue weighted by Crippen LogP contribution is -2.11. The van der Waals surface area contributed by atoms with Gasteiger partial charge < -0.3 is 4.74 Å². The molecule has 1 heterocycles. The van der Waals surface area contributed by atoms with Crippen molar-refractivity contribution >= 4 is 15.4 Å². The van der Waals surface area contributed by atoms with E-state index in [4.69, 9.17) is 4.74 Å². The van der Waals surface area contributed by atoms with Crippen molar-refractivity contribution in [1.82, 2.24) is 9.78 Å². The predicted molar refractivity (Wildman–Crippen MR) is 113 cm³/mol. The Morgan fingerprint density at radius 1 is 1.10 bits per heavy atom. The summed E-state index contributed by atoms with van der Waals surface area (Å²) in [6, 6.07) is 13.4. The fourth-order valence-electron chi connectivity index (χ4n) is 2.95. The molecule has 31 heavy (non-hydrogen) atoms. The normalized spacial score (nSPS) is 12.2. The number of allylic oxidation sites excluding steroid dienone is 1. The zero-order valence-corrected chi connectivity index (χ0v) is 17.8. The molecule has 0 aliphatic carbocycles. The summed E-state index contributed by atoms with van der Waals surface area (Å²) in [6.45, 7) is 5.73. The molecule has 0 saturated heterocycles. The van der Waals surface area contributed by atoms with Crippen LogP contribution in [0.5, 0.6) is 0 Å². The van der Waals surface area contributed by atoms with E-state index in [9.17, 15) is 21.6 Å². The quantitative estimate of drug-likeness (QED) is 0.508. The first-order chi connectivity index (χ1) is 14.5. The lowest BCUT2D eigenvalue weighted by molar-refractivity contribution is -0.141. The Kier molecular flexibility index (Phi) is 6.38.